The lowest BCUT2D eigenvalue weighted by atomic mass is 9.43. The Morgan fingerprint density at radius 2 is 1.85 bits per heavy atom. The molecule has 1 heterocycles. The highest BCUT2D eigenvalue weighted by molar-refractivity contribution is 6.47. The number of amides is 2. The van der Waals surface area contributed by atoms with Crippen LogP contribution in [0.3, 0.4) is 0 Å². The third-order valence-corrected chi connectivity index (χ3v) is 9.27. The summed E-state index contributed by atoms with van der Waals surface area (Å²) in [5.41, 5.74) is 12.2. The predicted octanol–water partition coefficient (Wildman–Crippen LogP) is 1.89. The smallest absolute Gasteiger partial charge is 0.404 e. The topological polar surface area (TPSA) is 201 Å². The summed E-state index contributed by atoms with van der Waals surface area (Å²) in [6, 6.07) is 0. The monoisotopic (exact) mass is 578 g/mol. The van der Waals surface area contributed by atoms with Crippen molar-refractivity contribution in [2.24, 2.45) is 45.5 Å². The highest BCUT2D eigenvalue weighted by Crippen LogP contribution is 2.65. The van der Waals surface area contributed by atoms with E-state index >= 15 is 0 Å². The molecule has 6 N–H and O–H groups in total. The number of carbonyl (C=O) groups excluding carboxylic acids is 3. The fraction of sp³-hybridized carbons (Fsp3) is 0.852. The van der Waals surface area contributed by atoms with Gasteiger partial charge in [-0.15, -0.1) is 0 Å². The number of nitrogens with two attached hydrogens (primary N) is 2. The summed E-state index contributed by atoms with van der Waals surface area (Å²) in [4.78, 5) is 51.9. The molecule has 0 unspecified atom stereocenters. The molecular formula is C27H47BN6O7. The molecule has 6 atom stereocenters. The lowest BCUT2D eigenvalue weighted by molar-refractivity contribution is -0.525. The molecule has 0 radical (unpaired) electrons. The third kappa shape index (κ3) is 8.18. The average Bonchev–Trinajstić information content (AvgIpc) is 3.21. The number of hydrazine groups is 1. The van der Waals surface area contributed by atoms with Gasteiger partial charge < -0.3 is 26.1 Å². The van der Waals surface area contributed by atoms with Crippen molar-refractivity contribution in [1.29, 1.82) is 0 Å². The van der Waals surface area contributed by atoms with Gasteiger partial charge in [-0.05, 0) is 68.6 Å². The van der Waals surface area contributed by atoms with Crippen molar-refractivity contribution in [3.05, 3.63) is 10.1 Å². The van der Waals surface area contributed by atoms with E-state index < -0.39 is 35.5 Å². The Labute approximate surface area is 242 Å². The molecule has 4 rings (SSSR count). The molecule has 4 aliphatic rings. The van der Waals surface area contributed by atoms with Crippen LogP contribution in [-0.2, 0) is 23.7 Å². The van der Waals surface area contributed by atoms with Crippen molar-refractivity contribution < 1.29 is 28.7 Å². The fourth-order valence-electron chi connectivity index (χ4n) is 6.95. The van der Waals surface area contributed by atoms with Crippen LogP contribution in [0.2, 0.25) is 0 Å². The quantitative estimate of drug-likeness (QED) is 0.0527. The molecule has 230 valence electrons. The van der Waals surface area contributed by atoms with Gasteiger partial charge in [-0.3, -0.25) is 14.4 Å². The van der Waals surface area contributed by atoms with Crippen LogP contribution in [0.15, 0.2) is 4.99 Å². The van der Waals surface area contributed by atoms with Crippen LogP contribution in [0.4, 0.5) is 0 Å². The zero-order chi connectivity index (χ0) is 30.5. The molecular weight excluding hydrogens is 531 g/mol. The fourth-order valence-corrected chi connectivity index (χ4v) is 6.95. The summed E-state index contributed by atoms with van der Waals surface area (Å²) in [7, 11) is -0.587. The van der Waals surface area contributed by atoms with Crippen LogP contribution < -0.4 is 22.2 Å². The number of nitrogens with one attached hydrogen (secondary N) is 2. The Morgan fingerprint density at radius 3 is 2.46 bits per heavy atom. The van der Waals surface area contributed by atoms with Crippen molar-refractivity contribution in [3.63, 3.8) is 0 Å². The lowest BCUT2D eigenvalue weighted by Crippen LogP contribution is -2.65. The van der Waals surface area contributed by atoms with E-state index in [1.54, 1.807) is 5.43 Å². The first kappa shape index (κ1) is 32.8. The normalized spacial score (nSPS) is 27.9. The van der Waals surface area contributed by atoms with Crippen LogP contribution in [0.5, 0.6) is 0 Å². The number of aliphatic imine (C=N–C) groups is 1. The Hall–Kier alpha value is -2.74. The van der Waals surface area contributed by atoms with E-state index in [4.69, 9.17) is 20.8 Å². The van der Waals surface area contributed by atoms with E-state index in [0.29, 0.717) is 37.5 Å². The zero-order valence-electron chi connectivity index (χ0n) is 25.0. The SMILES string of the molecule is CC(C)C[C@H](NC(=O)[C@H](CCCN=C(N)N[N+](=O)[O-])CC(=O)CCCC(N)=O)B1O[C@@H]2C[C@H]3C[C@H](C3(C)C)[C@]2(C)O1. The molecule has 4 fully saturated rings. The van der Waals surface area contributed by atoms with Crippen LogP contribution in [-0.4, -0.2) is 59.9 Å². The minimum absolute atomic E-state index is 0.00397. The van der Waals surface area contributed by atoms with Gasteiger partial charge in [0.1, 0.15) is 5.78 Å². The second-order valence-corrected chi connectivity index (χ2v) is 13.1. The lowest BCUT2D eigenvalue weighted by Gasteiger charge is -2.64. The van der Waals surface area contributed by atoms with Gasteiger partial charge in [-0.25, -0.2) is 15.1 Å². The van der Waals surface area contributed by atoms with Crippen LogP contribution in [0.25, 0.3) is 0 Å². The molecule has 2 bridgehead atoms. The Balaban J connectivity index is 1.68. The second-order valence-electron chi connectivity index (χ2n) is 13.1. The number of Topliss-reactive ketones (excluding diaryl/α,β-unsaturated/α-hetero) is 1. The number of hydrogen-bond donors (Lipinski definition) is 4. The van der Waals surface area contributed by atoms with Gasteiger partial charge in [0.15, 0.2) is 5.03 Å². The van der Waals surface area contributed by atoms with Crippen LogP contribution in [0, 0.1) is 39.2 Å². The van der Waals surface area contributed by atoms with Crippen molar-refractivity contribution in [1.82, 2.24) is 10.7 Å². The molecule has 2 amide bonds. The number of nitrogens with zero attached hydrogens (tertiary/aromatic N) is 2. The number of rotatable bonds is 16. The van der Waals surface area contributed by atoms with Crippen molar-refractivity contribution in [3.8, 4) is 0 Å². The molecule has 0 aromatic heterocycles. The molecule has 1 aliphatic heterocycles. The van der Waals surface area contributed by atoms with Gasteiger partial charge in [-0.1, -0.05) is 33.1 Å². The minimum atomic E-state index is -0.803. The molecule has 3 aliphatic carbocycles. The highest BCUT2D eigenvalue weighted by atomic mass is 16.7. The first-order chi connectivity index (χ1) is 19.1. The zero-order valence-corrected chi connectivity index (χ0v) is 25.0. The number of nitro groups is 1. The molecule has 41 heavy (non-hydrogen) atoms. The Kier molecular flexibility index (Phi) is 10.8. The maximum atomic E-state index is 13.6. The van der Waals surface area contributed by atoms with E-state index in [0.717, 1.165) is 12.8 Å². The molecule has 0 aromatic carbocycles. The number of carbonyl (C=O) groups is 3. The maximum Gasteiger partial charge on any atom is 0.481 e. The summed E-state index contributed by atoms with van der Waals surface area (Å²) in [5, 5.41) is 12.9. The van der Waals surface area contributed by atoms with Crippen LogP contribution in [0.1, 0.15) is 92.4 Å². The van der Waals surface area contributed by atoms with Gasteiger partial charge in [0.25, 0.3) is 5.96 Å². The van der Waals surface area contributed by atoms with Crippen molar-refractivity contribution >= 4 is 30.7 Å². The van der Waals surface area contributed by atoms with Gasteiger partial charge in [0.2, 0.25) is 11.8 Å². The Morgan fingerprint density at radius 1 is 1.15 bits per heavy atom. The second kappa shape index (κ2) is 13.5. The van der Waals surface area contributed by atoms with Gasteiger partial charge >= 0.3 is 7.12 Å². The molecule has 13 nitrogen and oxygen atoms in total. The van der Waals surface area contributed by atoms with Gasteiger partial charge in [0.05, 0.1) is 17.6 Å². The summed E-state index contributed by atoms with van der Waals surface area (Å²) < 4.78 is 13.1. The van der Waals surface area contributed by atoms with E-state index in [1.807, 2.05) is 0 Å². The van der Waals surface area contributed by atoms with E-state index in [1.165, 1.54) is 0 Å². The number of hydrogen-bond acceptors (Lipinski definition) is 8. The summed E-state index contributed by atoms with van der Waals surface area (Å²) in [6.45, 7) is 11.0. The highest BCUT2D eigenvalue weighted by Gasteiger charge is 2.68. The van der Waals surface area contributed by atoms with Gasteiger partial charge in [0, 0.05) is 31.7 Å². The van der Waals surface area contributed by atoms with Crippen molar-refractivity contribution in [2.75, 3.05) is 6.54 Å². The predicted molar refractivity (Wildman–Crippen MR) is 154 cm³/mol. The number of primary amides is 1. The van der Waals surface area contributed by atoms with Crippen LogP contribution >= 0.6 is 0 Å². The maximum absolute atomic E-state index is 13.6. The first-order valence-electron chi connectivity index (χ1n) is 14.8. The molecule has 3 saturated carbocycles. The summed E-state index contributed by atoms with van der Waals surface area (Å²) in [6.07, 6.45) is 3.97. The third-order valence-electron chi connectivity index (χ3n) is 9.27. The standard InChI is InChI=1S/C27H47BN6O7/c1-16(2)12-22(28-40-21-15-18-14-20(26(18,3)4)27(21,5)41-28)32-24(37)17(13-19(35)9-6-10-23(29)36)8-7-11-31-25(30)33-34(38)39/h16-18,20-22H,6-15H2,1-5H3,(H2,29,36)(H,32,37)(H3,30,31,33)/t17-,18-,20-,21-,22+,27+/m1/s1. The van der Waals surface area contributed by atoms with Gasteiger partial charge in [-0.2, -0.15) is 0 Å². The average molecular weight is 579 g/mol. The molecule has 0 spiro atoms. The van der Waals surface area contributed by atoms with Crippen molar-refractivity contribution in [2.45, 2.75) is 110 Å². The minimum Gasteiger partial charge on any atom is -0.404 e. The summed E-state index contributed by atoms with van der Waals surface area (Å²) >= 11 is 0. The van der Waals surface area contributed by atoms with E-state index in [2.05, 4.69) is 44.9 Å². The Bertz CT molecular complexity index is 1020. The molecule has 14 heteroatoms. The molecule has 0 aromatic rings. The van der Waals surface area contributed by atoms with E-state index in [-0.39, 0.29) is 60.9 Å². The molecule has 1 saturated heterocycles. The first-order valence-corrected chi connectivity index (χ1v) is 14.8. The summed E-state index contributed by atoms with van der Waals surface area (Å²) in [5.74, 6) is -1.03. The number of ketones is 1. The van der Waals surface area contributed by atoms with E-state index in [9.17, 15) is 24.5 Å². The number of guanidine groups is 1. The largest absolute Gasteiger partial charge is 0.481 e.